The van der Waals surface area contributed by atoms with Gasteiger partial charge in [0.15, 0.2) is 0 Å². The van der Waals surface area contributed by atoms with Crippen LogP contribution in [-0.4, -0.2) is 27.1 Å². The molecule has 4 aromatic rings. The van der Waals surface area contributed by atoms with E-state index in [4.69, 9.17) is 0 Å². The monoisotopic (exact) mass is 488 g/mol. The van der Waals surface area contributed by atoms with Gasteiger partial charge >= 0.3 is 0 Å². The van der Waals surface area contributed by atoms with Crippen LogP contribution >= 0.6 is 11.3 Å². The van der Waals surface area contributed by atoms with Crippen LogP contribution in [0.15, 0.2) is 66.0 Å². The van der Waals surface area contributed by atoms with Crippen molar-refractivity contribution in [1.82, 2.24) is 15.1 Å². The van der Waals surface area contributed by atoms with Crippen molar-refractivity contribution in [1.29, 1.82) is 0 Å². The second-order valence-electron chi connectivity index (χ2n) is 9.06. The molecule has 1 N–H and O–H groups in total. The number of aromatic nitrogens is 2. The highest BCUT2D eigenvalue weighted by atomic mass is 32.1. The summed E-state index contributed by atoms with van der Waals surface area (Å²) in [6.07, 6.45) is 0. The Balaban J connectivity index is 1.56. The van der Waals surface area contributed by atoms with E-state index in [9.17, 15) is 14.0 Å². The molecule has 3 heterocycles. The topological polar surface area (TPSA) is 67.2 Å². The van der Waals surface area contributed by atoms with Crippen molar-refractivity contribution in [3.63, 3.8) is 0 Å². The third-order valence-electron chi connectivity index (χ3n) is 6.39. The van der Waals surface area contributed by atoms with E-state index in [0.29, 0.717) is 17.1 Å². The molecule has 0 unspecified atom stereocenters. The highest BCUT2D eigenvalue weighted by Gasteiger charge is 2.49. The average Bonchev–Trinajstić information content (AvgIpc) is 3.51. The quantitative estimate of drug-likeness (QED) is 0.425. The molecule has 2 aromatic carbocycles. The van der Waals surface area contributed by atoms with Gasteiger partial charge in [0.05, 0.1) is 11.4 Å². The van der Waals surface area contributed by atoms with Crippen molar-refractivity contribution in [2.45, 2.75) is 39.4 Å². The Morgan fingerprint density at radius 1 is 1.14 bits per heavy atom. The first kappa shape index (κ1) is 23.0. The number of nitrogens with zero attached hydrogens (tertiary/aromatic N) is 3. The number of benzene rings is 2. The molecule has 0 aliphatic carbocycles. The third-order valence-corrected chi connectivity index (χ3v) is 7.28. The highest BCUT2D eigenvalue weighted by molar-refractivity contribution is 7.13. The van der Waals surface area contributed by atoms with E-state index in [1.807, 2.05) is 49.6 Å². The Kier molecular flexibility index (Phi) is 5.76. The van der Waals surface area contributed by atoms with Gasteiger partial charge in [-0.15, -0.1) is 11.3 Å². The van der Waals surface area contributed by atoms with Crippen LogP contribution in [0.25, 0.3) is 10.6 Å². The molecule has 0 radical (unpaired) electrons. The number of fused-ring (bicyclic) bond motifs is 1. The summed E-state index contributed by atoms with van der Waals surface area (Å²) < 4.78 is 14.9. The number of hydrogen-bond donors (Lipinski definition) is 1. The summed E-state index contributed by atoms with van der Waals surface area (Å²) in [5.41, 5.74) is 3.27. The van der Waals surface area contributed by atoms with Crippen molar-refractivity contribution in [3.8, 4) is 10.6 Å². The van der Waals surface area contributed by atoms with Crippen molar-refractivity contribution in [2.75, 3.05) is 4.90 Å². The summed E-state index contributed by atoms with van der Waals surface area (Å²) in [4.78, 5) is 30.2. The number of carbonyl (C=O) groups is 2. The molecule has 1 aliphatic rings. The predicted octanol–water partition coefficient (Wildman–Crippen LogP) is 5.10. The normalized spacial score (nSPS) is 17.4. The van der Waals surface area contributed by atoms with E-state index in [2.05, 4.69) is 10.4 Å². The second-order valence-corrected chi connectivity index (χ2v) is 10.0. The smallest absolute Gasteiger partial charge is 0.277 e. The van der Waals surface area contributed by atoms with Gasteiger partial charge in [0.25, 0.3) is 5.91 Å². The maximum Gasteiger partial charge on any atom is 0.277 e. The fourth-order valence-corrected chi connectivity index (χ4v) is 5.12. The number of amides is 2. The predicted molar refractivity (Wildman–Crippen MR) is 135 cm³/mol. The van der Waals surface area contributed by atoms with Crippen LogP contribution in [0.3, 0.4) is 0 Å². The number of anilines is 1. The molecule has 2 aromatic heterocycles. The molecule has 0 fully saturated rings. The van der Waals surface area contributed by atoms with Crippen molar-refractivity contribution < 1.29 is 14.0 Å². The molecule has 178 valence electrons. The van der Waals surface area contributed by atoms with E-state index < -0.39 is 5.54 Å². The summed E-state index contributed by atoms with van der Waals surface area (Å²) in [5, 5.41) is 9.59. The molecule has 0 bridgehead atoms. The van der Waals surface area contributed by atoms with Gasteiger partial charge in [-0.1, -0.05) is 30.3 Å². The van der Waals surface area contributed by atoms with Crippen LogP contribution in [0.4, 0.5) is 10.1 Å². The lowest BCUT2D eigenvalue weighted by molar-refractivity contribution is -0.126. The molecule has 0 saturated heterocycles. The first-order valence-corrected chi connectivity index (χ1v) is 12.2. The molecule has 5 rings (SSSR count). The van der Waals surface area contributed by atoms with E-state index in [0.717, 1.165) is 21.6 Å². The van der Waals surface area contributed by atoms with E-state index in [-0.39, 0.29) is 30.7 Å². The number of hydrogen-bond acceptors (Lipinski definition) is 4. The molecule has 2 amide bonds. The molecule has 6 nitrogen and oxygen atoms in total. The molecule has 0 saturated carbocycles. The number of nitrogens with one attached hydrogen (secondary N) is 1. The molecule has 1 aliphatic heterocycles. The lowest BCUT2D eigenvalue weighted by Gasteiger charge is -2.43. The van der Waals surface area contributed by atoms with Gasteiger partial charge in [0.2, 0.25) is 5.91 Å². The zero-order valence-electron chi connectivity index (χ0n) is 19.7. The highest BCUT2D eigenvalue weighted by Crippen LogP contribution is 2.36. The van der Waals surface area contributed by atoms with Crippen molar-refractivity contribution in [2.24, 2.45) is 0 Å². The summed E-state index contributed by atoms with van der Waals surface area (Å²) in [6.45, 7) is 6.07. The fourth-order valence-electron chi connectivity index (χ4n) is 4.44. The number of thiophene rings is 1. The van der Waals surface area contributed by atoms with Gasteiger partial charge in [0.1, 0.15) is 22.7 Å². The third kappa shape index (κ3) is 4.14. The lowest BCUT2D eigenvalue weighted by Crippen LogP contribution is -2.64. The second kappa shape index (κ2) is 8.78. The summed E-state index contributed by atoms with van der Waals surface area (Å²) >= 11 is 1.55. The molecular weight excluding hydrogens is 463 g/mol. The fraction of sp³-hybridized carbons (Fsp3) is 0.222. The maximum atomic E-state index is 13.9. The first-order valence-electron chi connectivity index (χ1n) is 11.3. The van der Waals surface area contributed by atoms with E-state index in [1.165, 1.54) is 12.1 Å². The molecule has 0 spiro atoms. The zero-order valence-corrected chi connectivity index (χ0v) is 20.5. The molecular formula is C27H25FN4O2S. The van der Waals surface area contributed by atoms with Gasteiger partial charge in [-0.05, 0) is 73.2 Å². The minimum Gasteiger partial charge on any atom is -0.350 e. The Morgan fingerprint density at radius 2 is 1.91 bits per heavy atom. The standard InChI is InChI=1S/C27H25FN4O2S/c1-17-6-7-18(2)22(13-17)32-25(33)23-14-21(24-5-4-12-35-24)30-31(23)16-27(32,3)26(34)29-15-19-8-10-20(28)11-9-19/h4-14H,15-16H2,1-3H3,(H,29,34)/t27-/m1/s1. The minimum absolute atomic E-state index is 0.197. The lowest BCUT2D eigenvalue weighted by atomic mass is 9.92. The van der Waals surface area contributed by atoms with Crippen LogP contribution < -0.4 is 10.2 Å². The maximum absolute atomic E-state index is 13.9. The van der Waals surface area contributed by atoms with Gasteiger partial charge < -0.3 is 5.32 Å². The van der Waals surface area contributed by atoms with Crippen molar-refractivity contribution in [3.05, 3.63) is 94.2 Å². The number of aryl methyl sites for hydroxylation is 2. The Hall–Kier alpha value is -3.78. The van der Waals surface area contributed by atoms with Gasteiger partial charge in [0, 0.05) is 12.2 Å². The van der Waals surface area contributed by atoms with Gasteiger partial charge in [-0.2, -0.15) is 5.10 Å². The Labute approximate surface area is 207 Å². The first-order chi connectivity index (χ1) is 16.8. The summed E-state index contributed by atoms with van der Waals surface area (Å²) in [5.74, 6) is -0.923. The van der Waals surface area contributed by atoms with Crippen LogP contribution in [0.1, 0.15) is 34.1 Å². The van der Waals surface area contributed by atoms with Crippen molar-refractivity contribution >= 4 is 28.8 Å². The van der Waals surface area contributed by atoms with E-state index in [1.54, 1.807) is 46.0 Å². The molecule has 8 heteroatoms. The van der Waals surface area contributed by atoms with Gasteiger partial charge in [-0.3, -0.25) is 19.2 Å². The Morgan fingerprint density at radius 3 is 2.63 bits per heavy atom. The minimum atomic E-state index is -1.23. The van der Waals surface area contributed by atoms with Crippen LogP contribution in [0, 0.1) is 19.7 Å². The molecule has 35 heavy (non-hydrogen) atoms. The zero-order chi connectivity index (χ0) is 24.7. The van der Waals surface area contributed by atoms with Crippen LogP contribution in [0.2, 0.25) is 0 Å². The Bertz CT molecular complexity index is 1410. The number of halogens is 1. The average molecular weight is 489 g/mol. The number of carbonyl (C=O) groups excluding carboxylic acids is 2. The van der Waals surface area contributed by atoms with Crippen LogP contribution in [-0.2, 0) is 17.9 Å². The SMILES string of the molecule is Cc1ccc(C)c(N2C(=O)c3cc(-c4cccs4)nn3C[C@]2(C)C(=O)NCc2ccc(F)cc2)c1. The van der Waals surface area contributed by atoms with Gasteiger partial charge in [-0.25, -0.2) is 4.39 Å². The number of rotatable bonds is 5. The van der Waals surface area contributed by atoms with E-state index >= 15 is 0 Å². The summed E-state index contributed by atoms with van der Waals surface area (Å²) in [6, 6.07) is 17.5. The largest absolute Gasteiger partial charge is 0.350 e. The summed E-state index contributed by atoms with van der Waals surface area (Å²) in [7, 11) is 0. The molecule has 1 atom stereocenters. The van der Waals surface area contributed by atoms with Crippen LogP contribution in [0.5, 0.6) is 0 Å².